The molecule has 12 heteroatoms. The van der Waals surface area contributed by atoms with Gasteiger partial charge in [0, 0.05) is 38.0 Å². The molecular formula is C24H26F2N8OS. The number of nitrogens with two attached hydrogens (primary N) is 1. The summed E-state index contributed by atoms with van der Waals surface area (Å²) in [7, 11) is 7.60. The van der Waals surface area contributed by atoms with E-state index in [1.807, 2.05) is 27.2 Å². The van der Waals surface area contributed by atoms with Gasteiger partial charge in [-0.1, -0.05) is 11.3 Å². The van der Waals surface area contributed by atoms with Crippen molar-refractivity contribution >= 4 is 34.3 Å². The number of benzene rings is 2. The van der Waals surface area contributed by atoms with Crippen LogP contribution in [0.1, 0.15) is 0 Å². The first-order chi connectivity index (χ1) is 17.2. The molecule has 0 bridgehead atoms. The van der Waals surface area contributed by atoms with E-state index < -0.39 is 11.6 Å². The quantitative estimate of drug-likeness (QED) is 0.318. The number of aromatic nitrogens is 4. The van der Waals surface area contributed by atoms with Crippen LogP contribution in [0, 0.1) is 11.6 Å². The van der Waals surface area contributed by atoms with Crippen LogP contribution < -0.4 is 20.7 Å². The van der Waals surface area contributed by atoms with Crippen molar-refractivity contribution in [3.8, 4) is 27.0 Å². The minimum atomic E-state index is -0.944. The summed E-state index contributed by atoms with van der Waals surface area (Å²) in [5.74, 6) is -0.967. The van der Waals surface area contributed by atoms with E-state index in [1.165, 1.54) is 17.4 Å². The van der Waals surface area contributed by atoms with Crippen LogP contribution in [0.2, 0.25) is 0 Å². The summed E-state index contributed by atoms with van der Waals surface area (Å²) in [6.07, 6.45) is 1.59. The highest BCUT2D eigenvalue weighted by atomic mass is 32.1. The van der Waals surface area contributed by atoms with Crippen LogP contribution >= 0.6 is 11.3 Å². The Labute approximate surface area is 211 Å². The zero-order valence-electron chi connectivity index (χ0n) is 20.3. The average molecular weight is 513 g/mol. The second-order valence-corrected chi connectivity index (χ2v) is 9.25. The fourth-order valence-corrected chi connectivity index (χ4v) is 4.19. The molecule has 4 aromatic rings. The minimum absolute atomic E-state index is 0.309. The van der Waals surface area contributed by atoms with Crippen molar-refractivity contribution in [1.82, 2.24) is 25.1 Å². The monoisotopic (exact) mass is 512 g/mol. The lowest BCUT2D eigenvalue weighted by Crippen LogP contribution is -2.29. The van der Waals surface area contributed by atoms with Crippen LogP contribution in [-0.2, 0) is 0 Å². The summed E-state index contributed by atoms with van der Waals surface area (Å²) in [6, 6.07) is 8.94. The molecule has 0 fully saturated rings. The maximum Gasteiger partial charge on any atom is 0.227 e. The fraction of sp³-hybridized carbons (Fsp3) is 0.250. The van der Waals surface area contributed by atoms with E-state index in [1.54, 1.807) is 25.4 Å². The molecule has 0 saturated carbocycles. The highest BCUT2D eigenvalue weighted by Crippen LogP contribution is 2.36. The SMILES string of the molecule is COc1cc(N(C)CCN(C)C)c(N)cc1Nc1nccc(-c2nnc(-c3ccc(F)c(F)c3)s2)n1. The van der Waals surface area contributed by atoms with Gasteiger partial charge in [0.25, 0.3) is 0 Å². The molecule has 2 aromatic heterocycles. The molecule has 0 unspecified atom stereocenters. The van der Waals surface area contributed by atoms with Crippen molar-refractivity contribution in [2.75, 3.05) is 57.3 Å². The summed E-state index contributed by atoms with van der Waals surface area (Å²) >= 11 is 1.21. The molecule has 188 valence electrons. The number of nitrogen functional groups attached to an aromatic ring is 1. The molecule has 36 heavy (non-hydrogen) atoms. The van der Waals surface area contributed by atoms with Gasteiger partial charge in [0.15, 0.2) is 16.6 Å². The molecule has 4 rings (SSSR count). The van der Waals surface area contributed by atoms with Crippen LogP contribution in [0.15, 0.2) is 42.6 Å². The summed E-state index contributed by atoms with van der Waals surface area (Å²) in [6.45, 7) is 1.68. The Morgan fingerprint density at radius 3 is 2.50 bits per heavy atom. The third-order valence-electron chi connectivity index (χ3n) is 5.36. The van der Waals surface area contributed by atoms with E-state index in [4.69, 9.17) is 10.5 Å². The maximum absolute atomic E-state index is 13.6. The second kappa shape index (κ2) is 10.8. The molecule has 2 heterocycles. The highest BCUT2D eigenvalue weighted by Gasteiger charge is 2.16. The van der Waals surface area contributed by atoms with Crippen molar-refractivity contribution < 1.29 is 13.5 Å². The Balaban J connectivity index is 1.56. The van der Waals surface area contributed by atoms with Crippen molar-refractivity contribution in [2.45, 2.75) is 0 Å². The number of nitrogens with one attached hydrogen (secondary N) is 1. The predicted molar refractivity (Wildman–Crippen MR) is 139 cm³/mol. The first-order valence-corrected chi connectivity index (χ1v) is 11.8. The largest absolute Gasteiger partial charge is 0.494 e. The molecule has 0 radical (unpaired) electrons. The number of methoxy groups -OCH3 is 1. The van der Waals surface area contributed by atoms with E-state index >= 15 is 0 Å². The lowest BCUT2D eigenvalue weighted by Gasteiger charge is -2.24. The fourth-order valence-electron chi connectivity index (χ4n) is 3.38. The molecular weight excluding hydrogens is 486 g/mol. The third kappa shape index (κ3) is 5.66. The number of anilines is 4. The van der Waals surface area contributed by atoms with Crippen LogP contribution in [0.5, 0.6) is 5.75 Å². The van der Waals surface area contributed by atoms with Gasteiger partial charge < -0.3 is 25.6 Å². The van der Waals surface area contributed by atoms with Crippen LogP contribution in [0.4, 0.5) is 31.8 Å². The van der Waals surface area contributed by atoms with E-state index in [2.05, 4.69) is 35.3 Å². The molecule has 0 saturated heterocycles. The van der Waals surface area contributed by atoms with Crippen LogP contribution in [0.3, 0.4) is 0 Å². The van der Waals surface area contributed by atoms with Crippen molar-refractivity contribution in [3.05, 3.63) is 54.2 Å². The van der Waals surface area contributed by atoms with E-state index in [9.17, 15) is 8.78 Å². The standard InChI is InChI=1S/C24H26F2N8OS/c1-33(2)9-10-34(3)20-13-21(35-4)19(12-17(20)27)30-24-28-8-7-18(29-24)23-32-31-22(36-23)14-5-6-15(25)16(26)11-14/h5-8,11-13H,9-10,27H2,1-4H3,(H,28,29,30). The first kappa shape index (κ1) is 25.2. The maximum atomic E-state index is 13.6. The molecule has 0 atom stereocenters. The van der Waals surface area contributed by atoms with Crippen LogP contribution in [0.25, 0.3) is 21.3 Å². The van der Waals surface area contributed by atoms with E-state index in [0.29, 0.717) is 44.3 Å². The summed E-state index contributed by atoms with van der Waals surface area (Å²) in [5, 5.41) is 12.3. The lowest BCUT2D eigenvalue weighted by molar-refractivity contribution is 0.413. The number of halogens is 2. The molecule has 0 aliphatic rings. The lowest BCUT2D eigenvalue weighted by atomic mass is 10.2. The molecule has 9 nitrogen and oxygen atoms in total. The zero-order chi connectivity index (χ0) is 25.8. The van der Waals surface area contributed by atoms with E-state index in [-0.39, 0.29) is 0 Å². The van der Waals surface area contributed by atoms with Crippen molar-refractivity contribution in [3.63, 3.8) is 0 Å². The molecule has 3 N–H and O–H groups in total. The normalized spacial score (nSPS) is 11.1. The topological polar surface area (TPSA) is 105 Å². The van der Waals surface area contributed by atoms with Gasteiger partial charge in [-0.15, -0.1) is 10.2 Å². The number of ether oxygens (including phenoxy) is 1. The Morgan fingerprint density at radius 2 is 1.78 bits per heavy atom. The Morgan fingerprint density at radius 1 is 1.00 bits per heavy atom. The van der Waals surface area contributed by atoms with Gasteiger partial charge in [0.05, 0.1) is 24.2 Å². The summed E-state index contributed by atoms with van der Waals surface area (Å²) < 4.78 is 32.5. The van der Waals surface area contributed by atoms with Crippen molar-refractivity contribution in [1.29, 1.82) is 0 Å². The zero-order valence-corrected chi connectivity index (χ0v) is 21.1. The minimum Gasteiger partial charge on any atom is -0.494 e. The van der Waals surface area contributed by atoms with Crippen LogP contribution in [-0.4, -0.2) is 66.4 Å². The first-order valence-electron chi connectivity index (χ1n) is 11.0. The van der Waals surface area contributed by atoms with E-state index in [0.717, 1.165) is 30.9 Å². The Hall–Kier alpha value is -3.90. The number of nitrogens with zero attached hydrogens (tertiary/aromatic N) is 6. The molecule has 2 aromatic carbocycles. The van der Waals surface area contributed by atoms with Gasteiger partial charge in [0.1, 0.15) is 16.5 Å². The third-order valence-corrected chi connectivity index (χ3v) is 6.35. The van der Waals surface area contributed by atoms with Gasteiger partial charge in [0.2, 0.25) is 5.95 Å². The van der Waals surface area contributed by atoms with Gasteiger partial charge in [-0.05, 0) is 44.4 Å². The molecule has 0 aliphatic heterocycles. The number of rotatable bonds is 9. The number of hydrogen-bond acceptors (Lipinski definition) is 10. The Bertz CT molecular complexity index is 1360. The summed E-state index contributed by atoms with van der Waals surface area (Å²) in [4.78, 5) is 13.0. The van der Waals surface area contributed by atoms with Gasteiger partial charge >= 0.3 is 0 Å². The van der Waals surface area contributed by atoms with Crippen molar-refractivity contribution in [2.24, 2.45) is 0 Å². The molecule has 0 aliphatic carbocycles. The number of hydrogen-bond donors (Lipinski definition) is 2. The van der Waals surface area contributed by atoms with Gasteiger partial charge in [-0.25, -0.2) is 18.7 Å². The highest BCUT2D eigenvalue weighted by molar-refractivity contribution is 7.17. The number of likely N-dealkylation sites (N-methyl/N-ethyl adjacent to an activating group) is 2. The predicted octanol–water partition coefficient (Wildman–Crippen LogP) is 4.27. The smallest absolute Gasteiger partial charge is 0.227 e. The van der Waals surface area contributed by atoms with Gasteiger partial charge in [-0.3, -0.25) is 0 Å². The second-order valence-electron chi connectivity index (χ2n) is 8.27. The van der Waals surface area contributed by atoms with Gasteiger partial charge in [-0.2, -0.15) is 0 Å². The average Bonchev–Trinajstić information content (AvgIpc) is 3.35. The summed E-state index contributed by atoms with van der Waals surface area (Å²) in [5.41, 5.74) is 9.34. The molecule has 0 spiro atoms. The molecule has 0 amide bonds. The Kier molecular flexibility index (Phi) is 7.55.